The molecule has 3 amide bonds. The molecule has 2 aromatic rings. The van der Waals surface area contributed by atoms with Gasteiger partial charge in [0.05, 0.1) is 12.4 Å². The van der Waals surface area contributed by atoms with Crippen LogP contribution in [0, 0.1) is 12.3 Å². The molecule has 7 nitrogen and oxygen atoms in total. The molecule has 1 aromatic heterocycles. The minimum atomic E-state index is -0.285. The lowest BCUT2D eigenvalue weighted by Crippen LogP contribution is -2.47. The molecule has 1 aromatic carbocycles. The first-order chi connectivity index (χ1) is 12.7. The van der Waals surface area contributed by atoms with Crippen LogP contribution in [0.2, 0.25) is 0 Å². The number of carbonyl (C=O) groups excluding carboxylic acids is 2. The molecule has 27 heavy (non-hydrogen) atoms. The zero-order valence-electron chi connectivity index (χ0n) is 16.7. The Morgan fingerprint density at radius 3 is 2.56 bits per heavy atom. The van der Waals surface area contributed by atoms with Gasteiger partial charge < -0.3 is 20.5 Å². The first kappa shape index (κ1) is 20.5. The summed E-state index contributed by atoms with van der Waals surface area (Å²) >= 11 is 0. The normalized spacial score (nSPS) is 12.3. The van der Waals surface area contributed by atoms with E-state index >= 15 is 0 Å². The summed E-state index contributed by atoms with van der Waals surface area (Å²) in [5, 5.41) is 8.75. The molecule has 2 rings (SSSR count). The fourth-order valence-corrected chi connectivity index (χ4v) is 2.54. The Kier molecular flexibility index (Phi) is 6.60. The van der Waals surface area contributed by atoms with E-state index in [0.29, 0.717) is 24.3 Å². The maximum absolute atomic E-state index is 12.5. The number of aromatic nitrogens is 2. The Morgan fingerprint density at radius 2 is 1.96 bits per heavy atom. The van der Waals surface area contributed by atoms with Gasteiger partial charge in [-0.1, -0.05) is 33.8 Å². The van der Waals surface area contributed by atoms with Gasteiger partial charge in [-0.05, 0) is 30.0 Å². The third-order valence-electron chi connectivity index (χ3n) is 4.39. The lowest BCUT2D eigenvalue weighted by molar-refractivity contribution is -0.115. The number of carbonyl (C=O) groups is 2. The zero-order chi connectivity index (χ0) is 20.0. The number of anilines is 2. The van der Waals surface area contributed by atoms with E-state index in [1.807, 2.05) is 29.8 Å². The van der Waals surface area contributed by atoms with Gasteiger partial charge in [-0.3, -0.25) is 4.79 Å². The molecule has 0 aliphatic heterocycles. The van der Waals surface area contributed by atoms with E-state index in [1.165, 1.54) is 0 Å². The number of imidazole rings is 1. The van der Waals surface area contributed by atoms with E-state index in [0.717, 1.165) is 5.56 Å². The van der Waals surface area contributed by atoms with Crippen LogP contribution in [0.1, 0.15) is 39.7 Å². The Labute approximate surface area is 160 Å². The quantitative estimate of drug-likeness (QED) is 0.722. The smallest absolute Gasteiger partial charge is 0.319 e. The van der Waals surface area contributed by atoms with Gasteiger partial charge in [-0.25, -0.2) is 9.78 Å². The molecular formula is C20H29N5O2. The Morgan fingerprint density at radius 1 is 1.22 bits per heavy atom. The van der Waals surface area contributed by atoms with Crippen molar-refractivity contribution in [1.82, 2.24) is 14.9 Å². The molecule has 0 aliphatic carbocycles. The summed E-state index contributed by atoms with van der Waals surface area (Å²) in [6, 6.07) is 5.08. The summed E-state index contributed by atoms with van der Waals surface area (Å²) in [6.07, 6.45) is 5.74. The number of nitrogens with one attached hydrogen (secondary N) is 3. The Hall–Kier alpha value is -2.83. The number of hydrogen-bond acceptors (Lipinski definition) is 3. The van der Waals surface area contributed by atoms with Gasteiger partial charge >= 0.3 is 6.03 Å². The van der Waals surface area contributed by atoms with Crippen molar-refractivity contribution in [3.63, 3.8) is 0 Å². The minimum absolute atomic E-state index is 0.0622. The van der Waals surface area contributed by atoms with Crippen LogP contribution in [-0.4, -0.2) is 27.5 Å². The fraction of sp³-hybridized carbons (Fsp3) is 0.450. The summed E-state index contributed by atoms with van der Waals surface area (Å²) in [5.41, 5.74) is 2.13. The highest BCUT2D eigenvalue weighted by atomic mass is 16.2. The third-order valence-corrected chi connectivity index (χ3v) is 4.39. The lowest BCUT2D eigenvalue weighted by Gasteiger charge is -2.31. The molecule has 146 valence electrons. The maximum atomic E-state index is 12.5. The molecule has 0 bridgehead atoms. The van der Waals surface area contributed by atoms with Crippen LogP contribution in [0.5, 0.6) is 0 Å². The average Bonchev–Trinajstić information content (AvgIpc) is 3.09. The second kappa shape index (κ2) is 8.70. The minimum Gasteiger partial charge on any atom is -0.335 e. The number of rotatable bonds is 6. The SMILES string of the molecule is CCC(=O)Nc1cc(NC(=O)N[C@H](Cn2ccnc2)C(C)(C)C)ccc1C. The largest absolute Gasteiger partial charge is 0.335 e. The van der Waals surface area contributed by atoms with Gasteiger partial charge in [0.1, 0.15) is 0 Å². The molecule has 1 heterocycles. The van der Waals surface area contributed by atoms with Crippen molar-refractivity contribution in [2.45, 2.75) is 53.6 Å². The predicted octanol–water partition coefficient (Wildman–Crippen LogP) is 3.78. The van der Waals surface area contributed by atoms with Gasteiger partial charge in [-0.2, -0.15) is 0 Å². The van der Waals surface area contributed by atoms with Gasteiger partial charge in [0.15, 0.2) is 0 Å². The second-order valence-electron chi connectivity index (χ2n) is 7.71. The Balaban J connectivity index is 2.06. The molecule has 0 radical (unpaired) electrons. The first-order valence-corrected chi connectivity index (χ1v) is 9.12. The van der Waals surface area contributed by atoms with Gasteiger partial charge in [-0.15, -0.1) is 0 Å². The van der Waals surface area contributed by atoms with E-state index in [9.17, 15) is 9.59 Å². The summed E-state index contributed by atoms with van der Waals surface area (Å²) in [4.78, 5) is 28.2. The molecule has 0 spiro atoms. The lowest BCUT2D eigenvalue weighted by atomic mass is 9.86. The second-order valence-corrected chi connectivity index (χ2v) is 7.71. The topological polar surface area (TPSA) is 88.0 Å². The van der Waals surface area contributed by atoms with Crippen LogP contribution in [-0.2, 0) is 11.3 Å². The molecule has 0 fully saturated rings. The number of benzene rings is 1. The number of hydrogen-bond donors (Lipinski definition) is 3. The standard InChI is InChI=1S/C20H29N5O2/c1-6-18(26)23-16-11-15(8-7-14(16)2)22-19(27)24-17(20(3,4)5)12-25-10-9-21-13-25/h7-11,13,17H,6,12H2,1-5H3,(H,23,26)(H2,22,24,27)/t17-/m1/s1. The molecule has 3 N–H and O–H groups in total. The van der Waals surface area contributed by atoms with Gasteiger partial charge in [0.25, 0.3) is 0 Å². The fourth-order valence-electron chi connectivity index (χ4n) is 2.54. The van der Waals surface area contributed by atoms with Crippen LogP contribution >= 0.6 is 0 Å². The van der Waals surface area contributed by atoms with Crippen molar-refractivity contribution in [2.24, 2.45) is 5.41 Å². The number of urea groups is 1. The molecule has 7 heteroatoms. The average molecular weight is 371 g/mol. The van der Waals surface area contributed by atoms with E-state index in [1.54, 1.807) is 25.5 Å². The van der Waals surface area contributed by atoms with E-state index < -0.39 is 0 Å². The van der Waals surface area contributed by atoms with Crippen LogP contribution in [0.3, 0.4) is 0 Å². The number of nitrogens with zero attached hydrogens (tertiary/aromatic N) is 2. The number of amides is 3. The Bertz CT molecular complexity index is 778. The predicted molar refractivity (Wildman–Crippen MR) is 108 cm³/mol. The highest BCUT2D eigenvalue weighted by Gasteiger charge is 2.26. The molecular weight excluding hydrogens is 342 g/mol. The number of aryl methyl sites for hydroxylation is 1. The summed E-state index contributed by atoms with van der Waals surface area (Å²) in [7, 11) is 0. The van der Waals surface area contributed by atoms with Crippen LogP contribution in [0.15, 0.2) is 36.9 Å². The van der Waals surface area contributed by atoms with Crippen LogP contribution in [0.4, 0.5) is 16.2 Å². The monoisotopic (exact) mass is 371 g/mol. The van der Waals surface area contributed by atoms with E-state index in [4.69, 9.17) is 0 Å². The van der Waals surface area contributed by atoms with Crippen LogP contribution < -0.4 is 16.0 Å². The summed E-state index contributed by atoms with van der Waals surface area (Å²) in [5.74, 6) is -0.0622. The van der Waals surface area contributed by atoms with Gasteiger partial charge in [0.2, 0.25) is 5.91 Å². The van der Waals surface area contributed by atoms with Crippen molar-refractivity contribution < 1.29 is 9.59 Å². The van der Waals surface area contributed by atoms with Crippen molar-refractivity contribution in [2.75, 3.05) is 10.6 Å². The summed E-state index contributed by atoms with van der Waals surface area (Å²) in [6.45, 7) is 10.6. The highest BCUT2D eigenvalue weighted by molar-refractivity contribution is 5.94. The van der Waals surface area contributed by atoms with Crippen molar-refractivity contribution in [3.05, 3.63) is 42.5 Å². The third kappa shape index (κ3) is 6.13. The maximum Gasteiger partial charge on any atom is 0.319 e. The van der Waals surface area contributed by atoms with Crippen molar-refractivity contribution in [1.29, 1.82) is 0 Å². The molecule has 0 saturated carbocycles. The molecule has 1 atom stereocenters. The van der Waals surface area contributed by atoms with Crippen molar-refractivity contribution >= 4 is 23.3 Å². The zero-order valence-corrected chi connectivity index (χ0v) is 16.7. The van der Waals surface area contributed by atoms with Gasteiger partial charge in [0, 0.05) is 36.7 Å². The summed E-state index contributed by atoms with van der Waals surface area (Å²) < 4.78 is 1.94. The first-order valence-electron chi connectivity index (χ1n) is 9.12. The van der Waals surface area contributed by atoms with E-state index in [-0.39, 0.29) is 23.4 Å². The van der Waals surface area contributed by atoms with Crippen molar-refractivity contribution in [3.8, 4) is 0 Å². The molecule has 0 saturated heterocycles. The highest BCUT2D eigenvalue weighted by Crippen LogP contribution is 2.22. The molecule has 0 unspecified atom stereocenters. The van der Waals surface area contributed by atoms with Crippen LogP contribution in [0.25, 0.3) is 0 Å². The molecule has 0 aliphatic rings. The van der Waals surface area contributed by atoms with E-state index in [2.05, 4.69) is 41.7 Å².